The highest BCUT2D eigenvalue weighted by molar-refractivity contribution is 5.77. The van der Waals surface area contributed by atoms with E-state index in [0.29, 0.717) is 17.9 Å². The predicted octanol–water partition coefficient (Wildman–Crippen LogP) is 5.29. The zero-order chi connectivity index (χ0) is 17.8. The third-order valence-corrected chi connectivity index (χ3v) is 3.74. The number of hydrogen-bond acceptors (Lipinski definition) is 4. The maximum absolute atomic E-state index is 12.0. The molecule has 0 N–H and O–H groups in total. The van der Waals surface area contributed by atoms with E-state index in [1.807, 2.05) is 0 Å². The first kappa shape index (κ1) is 20.2. The van der Waals surface area contributed by atoms with Crippen LogP contribution in [0.3, 0.4) is 0 Å². The zero-order valence-electron chi connectivity index (χ0n) is 15.2. The minimum absolute atomic E-state index is 0.235. The molecule has 0 aliphatic heterocycles. The van der Waals surface area contributed by atoms with E-state index in [4.69, 9.17) is 9.47 Å². The maximum Gasteiger partial charge on any atom is 0.313 e. The number of para-hydroxylation sites is 2. The van der Waals surface area contributed by atoms with Crippen LogP contribution < -0.4 is 9.47 Å². The summed E-state index contributed by atoms with van der Waals surface area (Å²) in [6, 6.07) is 6.78. The van der Waals surface area contributed by atoms with Crippen molar-refractivity contribution in [2.45, 2.75) is 72.1 Å². The molecular formula is C20H30O4. The van der Waals surface area contributed by atoms with Crippen molar-refractivity contribution in [3.05, 3.63) is 24.3 Å². The third-order valence-electron chi connectivity index (χ3n) is 3.74. The number of unbranched alkanes of at least 4 members (excludes halogenated alkanes) is 6. The molecule has 0 amide bonds. The van der Waals surface area contributed by atoms with Crippen LogP contribution in [0.15, 0.2) is 24.3 Å². The Hall–Kier alpha value is -1.84. The molecule has 0 heterocycles. The average molecular weight is 334 g/mol. The minimum Gasteiger partial charge on any atom is -0.423 e. The van der Waals surface area contributed by atoms with E-state index in [9.17, 15) is 9.59 Å². The molecule has 0 aliphatic carbocycles. The van der Waals surface area contributed by atoms with Crippen LogP contribution in [0.5, 0.6) is 11.5 Å². The molecule has 0 saturated carbocycles. The summed E-state index contributed by atoms with van der Waals surface area (Å²) < 4.78 is 10.6. The van der Waals surface area contributed by atoms with Gasteiger partial charge in [0.05, 0.1) is 5.92 Å². The monoisotopic (exact) mass is 334 g/mol. The normalized spacial score (nSPS) is 10.7. The molecule has 4 heteroatoms. The van der Waals surface area contributed by atoms with E-state index in [2.05, 4.69) is 6.92 Å². The Kier molecular flexibility index (Phi) is 9.81. The van der Waals surface area contributed by atoms with Crippen molar-refractivity contribution in [2.75, 3.05) is 0 Å². The van der Waals surface area contributed by atoms with Crippen LogP contribution in [0, 0.1) is 5.92 Å². The van der Waals surface area contributed by atoms with E-state index in [1.165, 1.54) is 25.7 Å². The van der Waals surface area contributed by atoms with Gasteiger partial charge in [0.15, 0.2) is 11.5 Å². The Morgan fingerprint density at radius 2 is 1.42 bits per heavy atom. The van der Waals surface area contributed by atoms with Crippen LogP contribution in [0.25, 0.3) is 0 Å². The lowest BCUT2D eigenvalue weighted by atomic mass is 10.1. The van der Waals surface area contributed by atoms with Gasteiger partial charge in [-0.05, 0) is 18.6 Å². The van der Waals surface area contributed by atoms with Gasteiger partial charge >= 0.3 is 11.9 Å². The SMILES string of the molecule is CCCCCCCCCC(=O)Oc1ccccc1OC(=O)C(C)C. The van der Waals surface area contributed by atoms with Gasteiger partial charge in [-0.25, -0.2) is 0 Å². The van der Waals surface area contributed by atoms with E-state index < -0.39 is 0 Å². The fraction of sp³-hybridized carbons (Fsp3) is 0.600. The summed E-state index contributed by atoms with van der Waals surface area (Å²) in [5, 5.41) is 0. The zero-order valence-corrected chi connectivity index (χ0v) is 15.2. The van der Waals surface area contributed by atoms with E-state index in [1.54, 1.807) is 38.1 Å². The van der Waals surface area contributed by atoms with Gasteiger partial charge in [0, 0.05) is 6.42 Å². The second kappa shape index (κ2) is 11.7. The first-order valence-electron chi connectivity index (χ1n) is 9.06. The maximum atomic E-state index is 12.0. The number of esters is 2. The van der Waals surface area contributed by atoms with Crippen molar-refractivity contribution in [2.24, 2.45) is 5.92 Å². The van der Waals surface area contributed by atoms with Crippen LogP contribution in [-0.2, 0) is 9.59 Å². The second-order valence-electron chi connectivity index (χ2n) is 6.37. The molecule has 0 aliphatic rings. The summed E-state index contributed by atoms with van der Waals surface area (Å²) in [6.45, 7) is 5.72. The molecule has 1 aromatic rings. The standard InChI is InChI=1S/C20H30O4/c1-4-5-6-7-8-9-10-15-19(21)23-17-13-11-12-14-18(17)24-20(22)16(2)3/h11-14,16H,4-10,15H2,1-3H3. The Balaban J connectivity index is 2.37. The highest BCUT2D eigenvalue weighted by atomic mass is 16.6. The van der Waals surface area contributed by atoms with Crippen LogP contribution in [0.1, 0.15) is 72.1 Å². The Labute approximate surface area is 145 Å². The van der Waals surface area contributed by atoms with Crippen molar-refractivity contribution >= 4 is 11.9 Å². The van der Waals surface area contributed by atoms with Gasteiger partial charge < -0.3 is 9.47 Å². The van der Waals surface area contributed by atoms with Crippen molar-refractivity contribution in [3.63, 3.8) is 0 Å². The van der Waals surface area contributed by atoms with Crippen LogP contribution in [-0.4, -0.2) is 11.9 Å². The van der Waals surface area contributed by atoms with Crippen LogP contribution in [0.2, 0.25) is 0 Å². The largest absolute Gasteiger partial charge is 0.423 e. The quantitative estimate of drug-likeness (QED) is 0.313. The molecule has 0 saturated heterocycles. The smallest absolute Gasteiger partial charge is 0.313 e. The average Bonchev–Trinajstić information content (AvgIpc) is 2.55. The fourth-order valence-electron chi connectivity index (χ4n) is 2.25. The van der Waals surface area contributed by atoms with E-state index in [-0.39, 0.29) is 17.9 Å². The first-order valence-corrected chi connectivity index (χ1v) is 9.06. The van der Waals surface area contributed by atoms with Gasteiger partial charge in [0.2, 0.25) is 0 Å². The number of carbonyl (C=O) groups excluding carboxylic acids is 2. The van der Waals surface area contributed by atoms with Crippen LogP contribution in [0.4, 0.5) is 0 Å². The molecule has 0 atom stereocenters. The number of rotatable bonds is 11. The molecule has 0 radical (unpaired) electrons. The topological polar surface area (TPSA) is 52.6 Å². The molecule has 0 unspecified atom stereocenters. The molecule has 0 spiro atoms. The molecule has 1 rings (SSSR count). The molecule has 24 heavy (non-hydrogen) atoms. The summed E-state index contributed by atoms with van der Waals surface area (Å²) in [7, 11) is 0. The summed E-state index contributed by atoms with van der Waals surface area (Å²) >= 11 is 0. The molecule has 4 nitrogen and oxygen atoms in total. The summed E-state index contributed by atoms with van der Waals surface area (Å²) in [5.74, 6) is -0.257. The summed E-state index contributed by atoms with van der Waals surface area (Å²) in [4.78, 5) is 23.7. The molecular weight excluding hydrogens is 304 g/mol. The van der Waals surface area contributed by atoms with Crippen molar-refractivity contribution in [1.29, 1.82) is 0 Å². The van der Waals surface area contributed by atoms with Gasteiger partial charge in [0.25, 0.3) is 0 Å². The Morgan fingerprint density at radius 1 is 0.875 bits per heavy atom. The van der Waals surface area contributed by atoms with Gasteiger partial charge in [0.1, 0.15) is 0 Å². The molecule has 0 bridgehead atoms. The van der Waals surface area contributed by atoms with E-state index in [0.717, 1.165) is 19.3 Å². The molecule has 1 aromatic carbocycles. The number of benzene rings is 1. The van der Waals surface area contributed by atoms with Crippen molar-refractivity contribution < 1.29 is 19.1 Å². The minimum atomic E-state index is -0.342. The lowest BCUT2D eigenvalue weighted by molar-refractivity contribution is -0.139. The predicted molar refractivity (Wildman–Crippen MR) is 95.2 cm³/mol. The molecule has 134 valence electrons. The van der Waals surface area contributed by atoms with Gasteiger partial charge in [-0.15, -0.1) is 0 Å². The number of carbonyl (C=O) groups is 2. The van der Waals surface area contributed by atoms with E-state index >= 15 is 0 Å². The summed E-state index contributed by atoms with van der Waals surface area (Å²) in [5.41, 5.74) is 0. The highest BCUT2D eigenvalue weighted by Gasteiger charge is 2.15. The van der Waals surface area contributed by atoms with Gasteiger partial charge in [-0.1, -0.05) is 71.4 Å². The summed E-state index contributed by atoms with van der Waals surface area (Å²) in [6.07, 6.45) is 8.46. The fourth-order valence-corrected chi connectivity index (χ4v) is 2.25. The second-order valence-corrected chi connectivity index (χ2v) is 6.37. The first-order chi connectivity index (χ1) is 11.5. The Bertz CT molecular complexity index is 508. The lowest BCUT2D eigenvalue weighted by Gasteiger charge is -2.11. The van der Waals surface area contributed by atoms with Crippen molar-refractivity contribution in [3.8, 4) is 11.5 Å². The third kappa shape index (κ3) is 8.14. The highest BCUT2D eigenvalue weighted by Crippen LogP contribution is 2.27. The van der Waals surface area contributed by atoms with Gasteiger partial charge in [-0.2, -0.15) is 0 Å². The number of ether oxygens (including phenoxy) is 2. The Morgan fingerprint density at radius 3 is 2.00 bits per heavy atom. The molecule has 0 aromatic heterocycles. The van der Waals surface area contributed by atoms with Crippen LogP contribution >= 0.6 is 0 Å². The van der Waals surface area contributed by atoms with Gasteiger partial charge in [-0.3, -0.25) is 9.59 Å². The number of hydrogen-bond donors (Lipinski definition) is 0. The lowest BCUT2D eigenvalue weighted by Crippen LogP contribution is -2.16. The van der Waals surface area contributed by atoms with Crippen molar-refractivity contribution in [1.82, 2.24) is 0 Å². The molecule has 0 fully saturated rings.